The molecule has 1 N–H and O–H groups in total. The molecule has 0 unspecified atom stereocenters. The molecule has 38 heavy (non-hydrogen) atoms. The monoisotopic (exact) mass is 603 g/mol. The molecule has 1 atom stereocenters. The predicted molar refractivity (Wildman–Crippen MR) is 150 cm³/mol. The molecule has 0 radical (unpaired) electrons. The first kappa shape index (κ1) is 29.3. The fourth-order valence-corrected chi connectivity index (χ4v) is 5.43. The van der Waals surface area contributed by atoms with Crippen LogP contribution in [0.4, 0.5) is 10.1 Å². The molecular weight excluding hydrogens is 573 g/mol. The van der Waals surface area contributed by atoms with E-state index in [9.17, 15) is 22.4 Å². The molecule has 0 saturated heterocycles. The fourth-order valence-electron chi connectivity index (χ4n) is 3.75. The summed E-state index contributed by atoms with van der Waals surface area (Å²) < 4.78 is 42.9. The Labute approximate surface area is 231 Å². The van der Waals surface area contributed by atoms with Crippen molar-refractivity contribution in [1.82, 2.24) is 10.2 Å². The van der Waals surface area contributed by atoms with Crippen LogP contribution in [0, 0.1) is 12.7 Å². The van der Waals surface area contributed by atoms with Gasteiger partial charge in [-0.1, -0.05) is 45.8 Å². The maximum absolute atomic E-state index is 13.8. The zero-order valence-corrected chi connectivity index (χ0v) is 24.1. The quantitative estimate of drug-likeness (QED) is 0.352. The molecule has 0 heterocycles. The summed E-state index contributed by atoms with van der Waals surface area (Å²) in [4.78, 5) is 28.0. The number of halogens is 2. The molecule has 202 valence electrons. The van der Waals surface area contributed by atoms with Crippen molar-refractivity contribution in [1.29, 1.82) is 0 Å². The van der Waals surface area contributed by atoms with Gasteiger partial charge in [-0.25, -0.2) is 12.8 Å². The standard InChI is InChI=1S/C28H31BrFN3O4S/c1-19(2)31-28(35)21(4)32(17-22-7-9-23(29)10-8-22)27(34)18-33(25-13-11-24(30)12-14-25)38(36,37)26-15-5-20(3)6-16-26/h5-16,19,21H,17-18H2,1-4H3,(H,31,35)/t21-/m0/s1. The van der Waals surface area contributed by atoms with E-state index in [4.69, 9.17) is 0 Å². The van der Waals surface area contributed by atoms with Crippen LogP contribution in [0.5, 0.6) is 0 Å². The average molecular weight is 605 g/mol. The number of aryl methyl sites for hydroxylation is 1. The van der Waals surface area contributed by atoms with E-state index in [0.717, 1.165) is 32.0 Å². The van der Waals surface area contributed by atoms with Crippen molar-refractivity contribution in [3.05, 3.63) is 94.2 Å². The highest BCUT2D eigenvalue weighted by atomic mass is 79.9. The number of carbonyl (C=O) groups excluding carboxylic acids is 2. The Bertz CT molecular complexity index is 1360. The Morgan fingerprint density at radius 1 is 0.921 bits per heavy atom. The van der Waals surface area contributed by atoms with E-state index < -0.39 is 34.3 Å². The lowest BCUT2D eigenvalue weighted by Crippen LogP contribution is -2.52. The van der Waals surface area contributed by atoms with Gasteiger partial charge in [0.05, 0.1) is 10.6 Å². The molecule has 2 amide bonds. The summed E-state index contributed by atoms with van der Waals surface area (Å²) in [5.41, 5.74) is 1.77. The number of hydrogen-bond acceptors (Lipinski definition) is 4. The third-order valence-corrected chi connectivity index (χ3v) is 8.18. The lowest BCUT2D eigenvalue weighted by Gasteiger charge is -2.32. The van der Waals surface area contributed by atoms with Crippen LogP contribution in [0.3, 0.4) is 0 Å². The summed E-state index contributed by atoms with van der Waals surface area (Å²) >= 11 is 3.39. The second-order valence-corrected chi connectivity index (χ2v) is 12.1. The lowest BCUT2D eigenvalue weighted by molar-refractivity contribution is -0.139. The highest BCUT2D eigenvalue weighted by Gasteiger charge is 2.32. The summed E-state index contributed by atoms with van der Waals surface area (Å²) in [5, 5.41) is 2.81. The number of anilines is 1. The summed E-state index contributed by atoms with van der Waals surface area (Å²) in [5.74, 6) is -1.48. The van der Waals surface area contributed by atoms with Gasteiger partial charge in [0.25, 0.3) is 10.0 Å². The van der Waals surface area contributed by atoms with Crippen LogP contribution >= 0.6 is 15.9 Å². The van der Waals surface area contributed by atoms with Gasteiger partial charge >= 0.3 is 0 Å². The van der Waals surface area contributed by atoms with Gasteiger partial charge in [0, 0.05) is 17.1 Å². The van der Waals surface area contributed by atoms with Crippen molar-refractivity contribution in [2.45, 2.75) is 51.2 Å². The Morgan fingerprint density at radius 3 is 2.05 bits per heavy atom. The normalized spacial score (nSPS) is 12.2. The first-order valence-electron chi connectivity index (χ1n) is 12.1. The van der Waals surface area contributed by atoms with Crippen LogP contribution < -0.4 is 9.62 Å². The molecule has 10 heteroatoms. The molecule has 7 nitrogen and oxygen atoms in total. The first-order chi connectivity index (χ1) is 17.9. The van der Waals surface area contributed by atoms with E-state index in [2.05, 4.69) is 21.2 Å². The van der Waals surface area contributed by atoms with Crippen LogP contribution in [0.25, 0.3) is 0 Å². The van der Waals surface area contributed by atoms with Gasteiger partial charge in [0.2, 0.25) is 11.8 Å². The molecule has 3 aromatic carbocycles. The highest BCUT2D eigenvalue weighted by molar-refractivity contribution is 9.10. The third kappa shape index (κ3) is 7.41. The average Bonchev–Trinajstić information content (AvgIpc) is 2.87. The van der Waals surface area contributed by atoms with E-state index in [0.29, 0.717) is 0 Å². The molecule has 0 aliphatic rings. The molecule has 0 spiro atoms. The summed E-state index contributed by atoms with van der Waals surface area (Å²) in [6, 6.07) is 17.4. The largest absolute Gasteiger partial charge is 0.352 e. The van der Waals surface area contributed by atoms with Crippen molar-refractivity contribution in [3.63, 3.8) is 0 Å². The van der Waals surface area contributed by atoms with Gasteiger partial charge in [-0.2, -0.15) is 0 Å². The topological polar surface area (TPSA) is 86.8 Å². The number of benzene rings is 3. The number of amides is 2. The van der Waals surface area contributed by atoms with Crippen LogP contribution in [0.1, 0.15) is 31.9 Å². The molecule has 0 saturated carbocycles. The van der Waals surface area contributed by atoms with Crippen LogP contribution in [0.15, 0.2) is 82.2 Å². The minimum Gasteiger partial charge on any atom is -0.352 e. The van der Waals surface area contributed by atoms with Gasteiger partial charge in [-0.3, -0.25) is 13.9 Å². The summed E-state index contributed by atoms with van der Waals surface area (Å²) in [7, 11) is -4.20. The summed E-state index contributed by atoms with van der Waals surface area (Å²) in [6.07, 6.45) is 0. The number of carbonyl (C=O) groups is 2. The first-order valence-corrected chi connectivity index (χ1v) is 14.3. The molecule has 3 rings (SSSR count). The maximum atomic E-state index is 13.8. The van der Waals surface area contributed by atoms with Crippen molar-refractivity contribution >= 4 is 43.5 Å². The molecule has 0 aliphatic carbocycles. The van der Waals surface area contributed by atoms with Gasteiger partial charge < -0.3 is 10.2 Å². The molecule has 0 bridgehead atoms. The van der Waals surface area contributed by atoms with Crippen molar-refractivity contribution < 1.29 is 22.4 Å². The lowest BCUT2D eigenvalue weighted by atomic mass is 10.1. The number of rotatable bonds is 10. The van der Waals surface area contributed by atoms with Crippen molar-refractivity contribution in [2.75, 3.05) is 10.8 Å². The number of hydrogen-bond donors (Lipinski definition) is 1. The van der Waals surface area contributed by atoms with Crippen LogP contribution in [-0.4, -0.2) is 43.8 Å². The van der Waals surface area contributed by atoms with Gasteiger partial charge in [0.15, 0.2) is 0 Å². The molecule has 0 aliphatic heterocycles. The van der Waals surface area contributed by atoms with Crippen molar-refractivity contribution in [3.8, 4) is 0 Å². The zero-order valence-electron chi connectivity index (χ0n) is 21.7. The zero-order chi connectivity index (χ0) is 28.0. The minimum atomic E-state index is -4.20. The predicted octanol–water partition coefficient (Wildman–Crippen LogP) is 5.03. The highest BCUT2D eigenvalue weighted by Crippen LogP contribution is 2.25. The smallest absolute Gasteiger partial charge is 0.264 e. The molecule has 0 fully saturated rings. The van der Waals surface area contributed by atoms with E-state index in [-0.39, 0.29) is 29.1 Å². The van der Waals surface area contributed by atoms with E-state index in [1.165, 1.54) is 29.2 Å². The minimum absolute atomic E-state index is 0.00900. The van der Waals surface area contributed by atoms with Crippen molar-refractivity contribution in [2.24, 2.45) is 0 Å². The van der Waals surface area contributed by atoms with Crippen LogP contribution in [0.2, 0.25) is 0 Å². The second-order valence-electron chi connectivity index (χ2n) is 9.29. The number of nitrogens with zero attached hydrogens (tertiary/aromatic N) is 2. The second kappa shape index (κ2) is 12.5. The van der Waals surface area contributed by atoms with Crippen LogP contribution in [-0.2, 0) is 26.2 Å². The fraction of sp³-hybridized carbons (Fsp3) is 0.286. The van der Waals surface area contributed by atoms with E-state index in [1.807, 2.05) is 45.0 Å². The van der Waals surface area contributed by atoms with Gasteiger partial charge in [0.1, 0.15) is 18.4 Å². The summed E-state index contributed by atoms with van der Waals surface area (Å²) in [6.45, 7) is 6.57. The molecular formula is C28H31BrFN3O4S. The maximum Gasteiger partial charge on any atom is 0.264 e. The Kier molecular flexibility index (Phi) is 9.67. The third-order valence-electron chi connectivity index (χ3n) is 5.87. The number of nitrogens with one attached hydrogen (secondary N) is 1. The van der Waals surface area contributed by atoms with Gasteiger partial charge in [-0.05, 0) is 81.8 Å². The Morgan fingerprint density at radius 2 is 1.50 bits per heavy atom. The van der Waals surface area contributed by atoms with Gasteiger partial charge in [-0.15, -0.1) is 0 Å². The van der Waals surface area contributed by atoms with E-state index in [1.54, 1.807) is 19.1 Å². The van der Waals surface area contributed by atoms with E-state index >= 15 is 0 Å². The Balaban J connectivity index is 2.02. The Hall–Kier alpha value is -3.24. The molecule has 3 aromatic rings. The molecule has 0 aromatic heterocycles. The SMILES string of the molecule is Cc1ccc(S(=O)(=O)N(CC(=O)N(Cc2ccc(Br)cc2)[C@@H](C)C(=O)NC(C)C)c2ccc(F)cc2)cc1. The number of sulfonamides is 1.